The largest absolute Gasteiger partial charge is 0.262 e. The van der Waals surface area contributed by atoms with Crippen molar-refractivity contribution >= 4 is 22.6 Å². The zero-order chi connectivity index (χ0) is 11.0. The van der Waals surface area contributed by atoms with Crippen LogP contribution in [0, 0.1) is 0 Å². The number of hydrogen-bond acceptors (Lipinski definition) is 4. The molecule has 3 aromatic rings. The number of pyridine rings is 1. The SMILES string of the molecule is Clc1ncc2cnn(-c3cccnc3)c2n1. The summed E-state index contributed by atoms with van der Waals surface area (Å²) in [5, 5.41) is 5.27. The molecule has 0 unspecified atom stereocenters. The van der Waals surface area contributed by atoms with E-state index in [1.807, 2.05) is 12.1 Å². The quantitative estimate of drug-likeness (QED) is 0.600. The summed E-state index contributed by atoms with van der Waals surface area (Å²) in [5.74, 6) is 0. The van der Waals surface area contributed by atoms with Crippen LogP contribution in [0.25, 0.3) is 16.7 Å². The summed E-state index contributed by atoms with van der Waals surface area (Å²) < 4.78 is 1.68. The van der Waals surface area contributed by atoms with Crippen LogP contribution in [0.1, 0.15) is 0 Å². The maximum atomic E-state index is 5.76. The smallest absolute Gasteiger partial charge is 0.224 e. The molecule has 0 atom stereocenters. The summed E-state index contributed by atoms with van der Waals surface area (Å²) in [6, 6.07) is 3.74. The Balaban J connectivity index is 2.29. The minimum Gasteiger partial charge on any atom is -0.262 e. The van der Waals surface area contributed by atoms with Gasteiger partial charge >= 0.3 is 0 Å². The number of fused-ring (bicyclic) bond motifs is 1. The van der Waals surface area contributed by atoms with Crippen molar-refractivity contribution in [2.45, 2.75) is 0 Å². The number of halogens is 1. The van der Waals surface area contributed by atoms with Crippen LogP contribution in [-0.4, -0.2) is 24.7 Å². The molecule has 0 aliphatic carbocycles. The summed E-state index contributed by atoms with van der Waals surface area (Å²) in [7, 11) is 0. The van der Waals surface area contributed by atoms with Gasteiger partial charge in [0.25, 0.3) is 0 Å². The first-order valence-electron chi connectivity index (χ1n) is 4.61. The van der Waals surface area contributed by atoms with Gasteiger partial charge in [-0.1, -0.05) is 0 Å². The zero-order valence-corrected chi connectivity index (χ0v) is 8.83. The zero-order valence-electron chi connectivity index (χ0n) is 8.08. The molecule has 3 heterocycles. The van der Waals surface area contributed by atoms with Crippen molar-refractivity contribution in [1.82, 2.24) is 24.7 Å². The van der Waals surface area contributed by atoms with Crippen LogP contribution in [0.5, 0.6) is 0 Å². The Morgan fingerprint density at radius 3 is 2.94 bits per heavy atom. The first-order valence-corrected chi connectivity index (χ1v) is 4.99. The van der Waals surface area contributed by atoms with Gasteiger partial charge in [-0.15, -0.1) is 0 Å². The van der Waals surface area contributed by atoms with E-state index in [2.05, 4.69) is 20.1 Å². The van der Waals surface area contributed by atoms with Gasteiger partial charge in [0.1, 0.15) is 0 Å². The first-order chi connectivity index (χ1) is 7.84. The van der Waals surface area contributed by atoms with Crippen molar-refractivity contribution in [2.75, 3.05) is 0 Å². The average molecular weight is 232 g/mol. The first kappa shape index (κ1) is 9.23. The standard InChI is InChI=1S/C10H6ClN5/c11-10-13-4-7-5-14-16(9(7)15-10)8-2-1-3-12-6-8/h1-6H. The normalized spacial score (nSPS) is 10.8. The van der Waals surface area contributed by atoms with Crippen LogP contribution < -0.4 is 0 Å². The minimum absolute atomic E-state index is 0.207. The van der Waals surface area contributed by atoms with Crippen molar-refractivity contribution in [3.05, 3.63) is 42.2 Å². The molecule has 6 heteroatoms. The van der Waals surface area contributed by atoms with Gasteiger partial charge in [-0.2, -0.15) is 10.1 Å². The van der Waals surface area contributed by atoms with Gasteiger partial charge in [-0.3, -0.25) is 4.98 Å². The Bertz CT molecular complexity index is 634. The molecule has 16 heavy (non-hydrogen) atoms. The fourth-order valence-corrected chi connectivity index (χ4v) is 1.59. The van der Waals surface area contributed by atoms with Gasteiger partial charge < -0.3 is 0 Å². The van der Waals surface area contributed by atoms with Crippen molar-refractivity contribution in [1.29, 1.82) is 0 Å². The van der Waals surface area contributed by atoms with E-state index in [0.29, 0.717) is 5.65 Å². The molecule has 0 radical (unpaired) electrons. The molecule has 3 aromatic heterocycles. The van der Waals surface area contributed by atoms with E-state index in [0.717, 1.165) is 11.1 Å². The van der Waals surface area contributed by atoms with E-state index >= 15 is 0 Å². The topological polar surface area (TPSA) is 56.5 Å². The molecule has 0 amide bonds. The lowest BCUT2D eigenvalue weighted by Gasteiger charge is -2.00. The van der Waals surface area contributed by atoms with E-state index in [9.17, 15) is 0 Å². The van der Waals surface area contributed by atoms with E-state index in [1.165, 1.54) is 0 Å². The summed E-state index contributed by atoms with van der Waals surface area (Å²) in [6.45, 7) is 0. The average Bonchev–Trinajstić information content (AvgIpc) is 2.73. The van der Waals surface area contributed by atoms with E-state index in [4.69, 9.17) is 11.6 Å². The van der Waals surface area contributed by atoms with E-state index < -0.39 is 0 Å². The second-order valence-electron chi connectivity index (χ2n) is 3.19. The Morgan fingerprint density at radius 2 is 2.12 bits per heavy atom. The summed E-state index contributed by atoms with van der Waals surface area (Å²) in [4.78, 5) is 12.1. The van der Waals surface area contributed by atoms with Crippen molar-refractivity contribution < 1.29 is 0 Å². The predicted molar refractivity (Wildman–Crippen MR) is 59.5 cm³/mol. The lowest BCUT2D eigenvalue weighted by atomic mass is 10.4. The Morgan fingerprint density at radius 1 is 1.19 bits per heavy atom. The molecule has 0 spiro atoms. The van der Waals surface area contributed by atoms with Crippen molar-refractivity contribution in [3.63, 3.8) is 0 Å². The fraction of sp³-hybridized carbons (Fsp3) is 0. The fourth-order valence-electron chi connectivity index (χ4n) is 1.46. The third kappa shape index (κ3) is 1.42. The Hall–Kier alpha value is -2.01. The molecule has 5 nitrogen and oxygen atoms in total. The number of aromatic nitrogens is 5. The highest BCUT2D eigenvalue weighted by Crippen LogP contribution is 2.16. The molecule has 0 bridgehead atoms. The molecular formula is C10H6ClN5. The molecule has 0 aliphatic rings. The third-order valence-electron chi connectivity index (χ3n) is 2.17. The summed E-state index contributed by atoms with van der Waals surface area (Å²) in [5.41, 5.74) is 1.51. The second-order valence-corrected chi connectivity index (χ2v) is 3.52. The molecular weight excluding hydrogens is 226 g/mol. The molecule has 78 valence electrons. The molecule has 0 aromatic carbocycles. The van der Waals surface area contributed by atoms with Crippen molar-refractivity contribution in [2.24, 2.45) is 0 Å². The van der Waals surface area contributed by atoms with Gasteiger partial charge in [-0.25, -0.2) is 9.67 Å². The highest BCUT2D eigenvalue weighted by molar-refractivity contribution is 6.28. The monoisotopic (exact) mass is 231 g/mol. The highest BCUT2D eigenvalue weighted by Gasteiger charge is 2.07. The van der Waals surface area contributed by atoms with E-state index in [-0.39, 0.29) is 5.28 Å². The number of nitrogens with zero attached hydrogens (tertiary/aromatic N) is 5. The third-order valence-corrected chi connectivity index (χ3v) is 2.35. The Kier molecular flexibility index (Phi) is 2.04. The van der Waals surface area contributed by atoms with Gasteiger partial charge in [0.2, 0.25) is 5.28 Å². The molecule has 0 saturated heterocycles. The number of rotatable bonds is 1. The predicted octanol–water partition coefficient (Wildman–Crippen LogP) is 1.86. The molecule has 0 fully saturated rings. The number of hydrogen-bond donors (Lipinski definition) is 0. The lowest BCUT2D eigenvalue weighted by Crippen LogP contribution is -1.98. The minimum atomic E-state index is 0.207. The highest BCUT2D eigenvalue weighted by atomic mass is 35.5. The van der Waals surface area contributed by atoms with Crippen LogP contribution >= 0.6 is 11.6 Å². The maximum absolute atomic E-state index is 5.76. The summed E-state index contributed by atoms with van der Waals surface area (Å²) >= 11 is 5.76. The molecule has 0 saturated carbocycles. The van der Waals surface area contributed by atoms with Crippen LogP contribution in [-0.2, 0) is 0 Å². The lowest BCUT2D eigenvalue weighted by molar-refractivity contribution is 0.888. The van der Waals surface area contributed by atoms with Crippen LogP contribution in [0.4, 0.5) is 0 Å². The van der Waals surface area contributed by atoms with Crippen LogP contribution in [0.2, 0.25) is 5.28 Å². The van der Waals surface area contributed by atoms with E-state index in [1.54, 1.807) is 29.5 Å². The molecule has 3 rings (SSSR count). The molecule has 0 aliphatic heterocycles. The van der Waals surface area contributed by atoms with Gasteiger partial charge in [0.15, 0.2) is 5.65 Å². The van der Waals surface area contributed by atoms with Gasteiger partial charge in [0.05, 0.1) is 23.5 Å². The Labute approximate surface area is 95.7 Å². The molecule has 0 N–H and O–H groups in total. The maximum Gasteiger partial charge on any atom is 0.224 e. The van der Waals surface area contributed by atoms with Gasteiger partial charge in [-0.05, 0) is 23.7 Å². The second kappa shape index (κ2) is 3.53. The van der Waals surface area contributed by atoms with Gasteiger partial charge in [0, 0.05) is 12.4 Å². The van der Waals surface area contributed by atoms with Crippen molar-refractivity contribution in [3.8, 4) is 5.69 Å². The summed E-state index contributed by atoms with van der Waals surface area (Å²) in [6.07, 6.45) is 6.75. The van der Waals surface area contributed by atoms with Crippen LogP contribution in [0.15, 0.2) is 36.9 Å². The van der Waals surface area contributed by atoms with Crippen LogP contribution in [0.3, 0.4) is 0 Å².